The van der Waals surface area contributed by atoms with E-state index in [1.54, 1.807) is 24.3 Å². The highest BCUT2D eigenvalue weighted by Gasteiger charge is 2.22. The lowest BCUT2D eigenvalue weighted by atomic mass is 10.0. The lowest BCUT2D eigenvalue weighted by molar-refractivity contribution is -0.123. The van der Waals surface area contributed by atoms with Crippen LogP contribution in [0.25, 0.3) is 0 Å². The standard InChI is InChI=1S/C17H24ClN3O3/c1-11(2)10-15(17(24)20-9-8-19-12(3)22)21-16(23)13-4-6-14(18)7-5-13/h4-7,11,15H,8-10H2,1-3H3,(H,19,22)(H,20,24)(H,21,23). The van der Waals surface area contributed by atoms with Crippen LogP contribution in [0.5, 0.6) is 0 Å². The van der Waals surface area contributed by atoms with Crippen molar-refractivity contribution in [1.29, 1.82) is 0 Å². The summed E-state index contributed by atoms with van der Waals surface area (Å²) in [6.45, 7) is 6.03. The molecule has 132 valence electrons. The van der Waals surface area contributed by atoms with E-state index in [-0.39, 0.29) is 23.6 Å². The molecule has 24 heavy (non-hydrogen) atoms. The lowest BCUT2D eigenvalue weighted by Crippen LogP contribution is -2.48. The van der Waals surface area contributed by atoms with Crippen LogP contribution in [0.2, 0.25) is 5.02 Å². The Morgan fingerprint density at radius 3 is 2.17 bits per heavy atom. The first-order valence-corrected chi connectivity index (χ1v) is 8.26. The smallest absolute Gasteiger partial charge is 0.251 e. The van der Waals surface area contributed by atoms with Crippen LogP contribution in [0.3, 0.4) is 0 Å². The Balaban J connectivity index is 2.63. The summed E-state index contributed by atoms with van der Waals surface area (Å²) in [7, 11) is 0. The van der Waals surface area contributed by atoms with Gasteiger partial charge < -0.3 is 16.0 Å². The fraction of sp³-hybridized carbons (Fsp3) is 0.471. The van der Waals surface area contributed by atoms with Gasteiger partial charge in [-0.3, -0.25) is 14.4 Å². The van der Waals surface area contributed by atoms with Crippen LogP contribution >= 0.6 is 11.6 Å². The van der Waals surface area contributed by atoms with Crippen LogP contribution in [0, 0.1) is 5.92 Å². The van der Waals surface area contributed by atoms with Gasteiger partial charge in [-0.05, 0) is 36.6 Å². The molecule has 0 fully saturated rings. The summed E-state index contributed by atoms with van der Waals surface area (Å²) in [5, 5.41) is 8.61. The minimum absolute atomic E-state index is 0.154. The number of carbonyl (C=O) groups excluding carboxylic acids is 3. The number of rotatable bonds is 8. The summed E-state index contributed by atoms with van der Waals surface area (Å²) in [4.78, 5) is 35.4. The van der Waals surface area contributed by atoms with Gasteiger partial charge in [-0.15, -0.1) is 0 Å². The predicted molar refractivity (Wildman–Crippen MR) is 93.9 cm³/mol. The molecule has 1 aromatic carbocycles. The highest BCUT2D eigenvalue weighted by Crippen LogP contribution is 2.11. The van der Waals surface area contributed by atoms with Gasteiger partial charge in [0.25, 0.3) is 5.91 Å². The maximum absolute atomic E-state index is 12.3. The number of halogens is 1. The van der Waals surface area contributed by atoms with E-state index in [0.717, 1.165) is 0 Å². The number of hydrogen-bond acceptors (Lipinski definition) is 3. The van der Waals surface area contributed by atoms with E-state index in [1.807, 2.05) is 13.8 Å². The molecule has 0 saturated heterocycles. The van der Waals surface area contributed by atoms with Crippen molar-refractivity contribution in [2.45, 2.75) is 33.2 Å². The van der Waals surface area contributed by atoms with Crippen molar-refractivity contribution < 1.29 is 14.4 Å². The number of amides is 3. The predicted octanol–water partition coefficient (Wildman–Crippen LogP) is 1.74. The van der Waals surface area contributed by atoms with Crippen LogP contribution in [0.1, 0.15) is 37.6 Å². The highest BCUT2D eigenvalue weighted by atomic mass is 35.5. The molecule has 0 bridgehead atoms. The number of nitrogens with one attached hydrogen (secondary N) is 3. The molecular weight excluding hydrogens is 330 g/mol. The van der Waals surface area contributed by atoms with Gasteiger partial charge in [0.15, 0.2) is 0 Å². The van der Waals surface area contributed by atoms with Gasteiger partial charge in [-0.2, -0.15) is 0 Å². The summed E-state index contributed by atoms with van der Waals surface area (Å²) in [5.74, 6) is -0.508. The largest absolute Gasteiger partial charge is 0.355 e. The molecule has 0 aliphatic heterocycles. The molecule has 0 heterocycles. The van der Waals surface area contributed by atoms with Crippen molar-refractivity contribution in [1.82, 2.24) is 16.0 Å². The van der Waals surface area contributed by atoms with Crippen LogP contribution < -0.4 is 16.0 Å². The zero-order valence-corrected chi connectivity index (χ0v) is 14.9. The molecule has 1 atom stereocenters. The van der Waals surface area contributed by atoms with E-state index >= 15 is 0 Å². The number of benzene rings is 1. The van der Waals surface area contributed by atoms with Gasteiger partial charge in [-0.25, -0.2) is 0 Å². The van der Waals surface area contributed by atoms with E-state index < -0.39 is 6.04 Å². The van der Waals surface area contributed by atoms with E-state index in [1.165, 1.54) is 6.92 Å². The van der Waals surface area contributed by atoms with E-state index in [9.17, 15) is 14.4 Å². The van der Waals surface area contributed by atoms with E-state index in [2.05, 4.69) is 16.0 Å². The number of carbonyl (C=O) groups is 3. The summed E-state index contributed by atoms with van der Waals surface area (Å²) in [6.07, 6.45) is 0.519. The first-order valence-electron chi connectivity index (χ1n) is 7.88. The quantitative estimate of drug-likeness (QED) is 0.622. The Morgan fingerprint density at radius 2 is 1.62 bits per heavy atom. The van der Waals surface area contributed by atoms with Crippen LogP contribution in [0.15, 0.2) is 24.3 Å². The number of hydrogen-bond donors (Lipinski definition) is 3. The van der Waals surface area contributed by atoms with Crippen molar-refractivity contribution in [3.05, 3.63) is 34.9 Å². The molecule has 0 aromatic heterocycles. The van der Waals surface area contributed by atoms with Gasteiger partial charge >= 0.3 is 0 Å². The molecule has 1 unspecified atom stereocenters. The first-order chi connectivity index (χ1) is 11.3. The molecule has 0 aliphatic carbocycles. The van der Waals surface area contributed by atoms with Crippen LogP contribution in [-0.4, -0.2) is 36.9 Å². The van der Waals surface area contributed by atoms with Gasteiger partial charge in [0.1, 0.15) is 6.04 Å². The van der Waals surface area contributed by atoms with Gasteiger partial charge in [0, 0.05) is 30.6 Å². The average Bonchev–Trinajstić information content (AvgIpc) is 2.50. The normalized spacial score (nSPS) is 11.7. The van der Waals surface area contributed by atoms with Crippen molar-refractivity contribution in [3.8, 4) is 0 Å². The molecule has 0 spiro atoms. The Morgan fingerprint density at radius 1 is 1.04 bits per heavy atom. The maximum Gasteiger partial charge on any atom is 0.251 e. The molecule has 0 radical (unpaired) electrons. The average molecular weight is 354 g/mol. The van der Waals surface area contributed by atoms with Gasteiger partial charge in [0.05, 0.1) is 0 Å². The summed E-state index contributed by atoms with van der Waals surface area (Å²) in [5.41, 5.74) is 0.444. The lowest BCUT2D eigenvalue weighted by Gasteiger charge is -2.20. The van der Waals surface area contributed by atoms with E-state index in [4.69, 9.17) is 11.6 Å². The summed E-state index contributed by atoms with van der Waals surface area (Å²) in [6, 6.07) is 5.84. The Kier molecular flexibility index (Phi) is 8.26. The molecule has 3 N–H and O–H groups in total. The van der Waals surface area contributed by atoms with Crippen molar-refractivity contribution in [2.24, 2.45) is 5.92 Å². The maximum atomic E-state index is 12.3. The third-order valence-corrected chi connectivity index (χ3v) is 3.49. The van der Waals surface area contributed by atoms with Crippen molar-refractivity contribution in [2.75, 3.05) is 13.1 Å². The van der Waals surface area contributed by atoms with Crippen molar-refractivity contribution in [3.63, 3.8) is 0 Å². The molecule has 1 rings (SSSR count). The molecule has 3 amide bonds. The second kappa shape index (κ2) is 9.93. The SMILES string of the molecule is CC(=O)NCCNC(=O)C(CC(C)C)NC(=O)c1ccc(Cl)cc1. The zero-order chi connectivity index (χ0) is 18.1. The second-order valence-electron chi connectivity index (χ2n) is 5.94. The van der Waals surface area contributed by atoms with E-state index in [0.29, 0.717) is 30.1 Å². The molecule has 0 saturated carbocycles. The zero-order valence-electron chi connectivity index (χ0n) is 14.2. The fourth-order valence-corrected chi connectivity index (χ4v) is 2.22. The molecule has 1 aromatic rings. The Labute approximate surface area is 147 Å². The first kappa shape index (κ1) is 20.0. The van der Waals surface area contributed by atoms with Gasteiger partial charge in [-0.1, -0.05) is 25.4 Å². The molecule has 0 aliphatic rings. The summed E-state index contributed by atoms with van der Waals surface area (Å²) < 4.78 is 0. The third-order valence-electron chi connectivity index (χ3n) is 3.23. The summed E-state index contributed by atoms with van der Waals surface area (Å²) >= 11 is 5.81. The Hall–Kier alpha value is -2.08. The third kappa shape index (κ3) is 7.46. The second-order valence-corrected chi connectivity index (χ2v) is 6.37. The minimum Gasteiger partial charge on any atom is -0.355 e. The molecule has 7 heteroatoms. The highest BCUT2D eigenvalue weighted by molar-refractivity contribution is 6.30. The monoisotopic (exact) mass is 353 g/mol. The Bertz CT molecular complexity index is 573. The van der Waals surface area contributed by atoms with Crippen molar-refractivity contribution >= 4 is 29.3 Å². The van der Waals surface area contributed by atoms with Gasteiger partial charge in [0.2, 0.25) is 11.8 Å². The molecule has 6 nitrogen and oxygen atoms in total. The van der Waals surface area contributed by atoms with Crippen LogP contribution in [0.4, 0.5) is 0 Å². The fourth-order valence-electron chi connectivity index (χ4n) is 2.09. The minimum atomic E-state index is -0.634. The molecular formula is C17H24ClN3O3. The van der Waals surface area contributed by atoms with Crippen LogP contribution in [-0.2, 0) is 9.59 Å². The topological polar surface area (TPSA) is 87.3 Å².